The standard InChI is InChI=1S/C23H27Cl2N5O2/c1-22(2,3)32-21(31)28-23(4)8-11-29(12-9-23)20-17-14-27-19(30(17)13-10-26-20)15-6-5-7-16(24)18(15)25/h5-7,10,13-14H,8-9,11-12H2,1-4H3,(H,28,31). The van der Waals surface area contributed by atoms with E-state index in [1.54, 1.807) is 12.3 Å². The van der Waals surface area contributed by atoms with Crippen LogP contribution < -0.4 is 10.2 Å². The lowest BCUT2D eigenvalue weighted by Crippen LogP contribution is -2.54. The summed E-state index contributed by atoms with van der Waals surface area (Å²) in [6.07, 6.45) is 6.61. The maximum absolute atomic E-state index is 12.3. The molecule has 9 heteroatoms. The SMILES string of the molecule is CC1(NC(=O)OC(C)(C)C)CCN(c2nccn3c(-c4cccc(Cl)c4Cl)ncc23)CC1. The van der Waals surface area contributed by atoms with Crippen molar-refractivity contribution in [1.82, 2.24) is 19.7 Å². The summed E-state index contributed by atoms with van der Waals surface area (Å²) >= 11 is 12.6. The summed E-state index contributed by atoms with van der Waals surface area (Å²) in [5.41, 5.74) is 0.807. The number of alkyl carbamates (subject to hydrolysis) is 1. The number of hydrogen-bond donors (Lipinski definition) is 1. The van der Waals surface area contributed by atoms with Crippen LogP contribution in [0.3, 0.4) is 0 Å². The van der Waals surface area contributed by atoms with E-state index in [1.165, 1.54) is 0 Å². The molecule has 1 saturated heterocycles. The number of nitrogens with zero attached hydrogens (tertiary/aromatic N) is 4. The molecule has 1 fully saturated rings. The number of benzene rings is 1. The smallest absolute Gasteiger partial charge is 0.408 e. The summed E-state index contributed by atoms with van der Waals surface area (Å²) < 4.78 is 7.41. The number of amides is 1. The maximum Gasteiger partial charge on any atom is 0.408 e. The van der Waals surface area contributed by atoms with E-state index in [0.717, 1.165) is 42.8 Å². The van der Waals surface area contributed by atoms with Crippen molar-refractivity contribution >= 4 is 40.6 Å². The molecule has 2 aromatic heterocycles. The molecule has 3 aromatic rings. The topological polar surface area (TPSA) is 71.8 Å². The molecule has 0 unspecified atom stereocenters. The van der Waals surface area contributed by atoms with E-state index in [2.05, 4.69) is 27.1 Å². The Kier molecular flexibility index (Phi) is 5.98. The van der Waals surface area contributed by atoms with Gasteiger partial charge in [0.15, 0.2) is 5.82 Å². The normalized spacial score (nSPS) is 16.2. The van der Waals surface area contributed by atoms with Crippen molar-refractivity contribution in [3.63, 3.8) is 0 Å². The molecule has 0 saturated carbocycles. The number of nitrogens with one attached hydrogen (secondary N) is 1. The number of imidazole rings is 1. The average Bonchev–Trinajstić information content (AvgIpc) is 3.13. The molecule has 1 amide bonds. The molecule has 0 spiro atoms. The molecule has 1 N–H and O–H groups in total. The number of hydrogen-bond acceptors (Lipinski definition) is 5. The zero-order valence-corrected chi connectivity index (χ0v) is 20.2. The molecule has 0 atom stereocenters. The van der Waals surface area contributed by atoms with Crippen molar-refractivity contribution in [2.24, 2.45) is 0 Å². The fourth-order valence-corrected chi connectivity index (χ4v) is 4.31. The van der Waals surface area contributed by atoms with Gasteiger partial charge in [0.25, 0.3) is 0 Å². The highest BCUT2D eigenvalue weighted by atomic mass is 35.5. The Bertz CT molecular complexity index is 1150. The minimum absolute atomic E-state index is 0.330. The number of piperidine rings is 1. The molecule has 1 aromatic carbocycles. The Hall–Kier alpha value is -2.51. The fraction of sp³-hybridized carbons (Fsp3) is 0.435. The van der Waals surface area contributed by atoms with Gasteiger partial charge >= 0.3 is 6.09 Å². The lowest BCUT2D eigenvalue weighted by Gasteiger charge is -2.40. The predicted molar refractivity (Wildman–Crippen MR) is 128 cm³/mol. The third-order valence-electron chi connectivity index (χ3n) is 5.60. The quantitative estimate of drug-likeness (QED) is 0.534. The summed E-state index contributed by atoms with van der Waals surface area (Å²) in [5.74, 6) is 1.56. The van der Waals surface area contributed by atoms with Crippen LogP contribution in [0.25, 0.3) is 16.9 Å². The van der Waals surface area contributed by atoms with Crippen LogP contribution in [-0.4, -0.2) is 44.7 Å². The van der Waals surface area contributed by atoms with Crippen molar-refractivity contribution in [3.8, 4) is 11.4 Å². The van der Waals surface area contributed by atoms with Gasteiger partial charge in [-0.1, -0.05) is 29.3 Å². The van der Waals surface area contributed by atoms with Crippen molar-refractivity contribution in [2.75, 3.05) is 18.0 Å². The van der Waals surface area contributed by atoms with Crippen LogP contribution in [0.2, 0.25) is 10.0 Å². The number of aromatic nitrogens is 3. The Morgan fingerprint density at radius 3 is 2.59 bits per heavy atom. The number of carbonyl (C=O) groups excluding carboxylic acids is 1. The minimum Gasteiger partial charge on any atom is -0.444 e. The van der Waals surface area contributed by atoms with Crippen LogP contribution in [0.4, 0.5) is 10.6 Å². The van der Waals surface area contributed by atoms with Gasteiger partial charge in [-0.2, -0.15) is 0 Å². The molecule has 7 nitrogen and oxygen atoms in total. The van der Waals surface area contributed by atoms with E-state index in [0.29, 0.717) is 15.9 Å². The highest BCUT2D eigenvalue weighted by Crippen LogP contribution is 2.35. The number of anilines is 1. The zero-order chi connectivity index (χ0) is 23.1. The monoisotopic (exact) mass is 475 g/mol. The van der Waals surface area contributed by atoms with Gasteiger partial charge in [0, 0.05) is 36.6 Å². The molecule has 170 valence electrons. The zero-order valence-electron chi connectivity index (χ0n) is 18.7. The van der Waals surface area contributed by atoms with Gasteiger partial charge in [0.2, 0.25) is 0 Å². The predicted octanol–water partition coefficient (Wildman–Crippen LogP) is 5.59. The van der Waals surface area contributed by atoms with E-state index in [4.69, 9.17) is 27.9 Å². The molecule has 3 heterocycles. The van der Waals surface area contributed by atoms with Crippen LogP contribution in [0.1, 0.15) is 40.5 Å². The average molecular weight is 476 g/mol. The molecule has 0 aliphatic carbocycles. The Labute approximate surface area is 197 Å². The highest BCUT2D eigenvalue weighted by molar-refractivity contribution is 6.43. The van der Waals surface area contributed by atoms with Gasteiger partial charge in [-0.05, 0) is 52.7 Å². The summed E-state index contributed by atoms with van der Waals surface area (Å²) in [5, 5.41) is 4.01. The van der Waals surface area contributed by atoms with Crippen molar-refractivity contribution in [1.29, 1.82) is 0 Å². The van der Waals surface area contributed by atoms with Gasteiger partial charge in [-0.3, -0.25) is 4.40 Å². The Morgan fingerprint density at radius 2 is 1.91 bits per heavy atom. The molecular weight excluding hydrogens is 449 g/mol. The largest absolute Gasteiger partial charge is 0.444 e. The van der Waals surface area contributed by atoms with Crippen LogP contribution in [0.5, 0.6) is 0 Å². The van der Waals surface area contributed by atoms with E-state index in [1.807, 2.05) is 49.7 Å². The van der Waals surface area contributed by atoms with Crippen molar-refractivity contribution < 1.29 is 9.53 Å². The van der Waals surface area contributed by atoms with Crippen molar-refractivity contribution in [3.05, 3.63) is 46.8 Å². The summed E-state index contributed by atoms with van der Waals surface area (Å²) in [4.78, 5) is 23.7. The Balaban J connectivity index is 1.54. The van der Waals surface area contributed by atoms with E-state index in [9.17, 15) is 4.79 Å². The van der Waals surface area contributed by atoms with Gasteiger partial charge in [-0.25, -0.2) is 14.8 Å². The first-order valence-corrected chi connectivity index (χ1v) is 11.3. The van der Waals surface area contributed by atoms with E-state index < -0.39 is 5.60 Å². The number of halogens is 2. The van der Waals surface area contributed by atoms with Crippen LogP contribution >= 0.6 is 23.2 Å². The van der Waals surface area contributed by atoms with Crippen LogP contribution in [0.15, 0.2) is 36.8 Å². The molecule has 0 radical (unpaired) electrons. The second-order valence-corrected chi connectivity index (χ2v) is 10.1. The molecule has 0 bridgehead atoms. The first-order valence-electron chi connectivity index (χ1n) is 10.6. The number of rotatable bonds is 3. The van der Waals surface area contributed by atoms with E-state index >= 15 is 0 Å². The second-order valence-electron chi connectivity index (χ2n) is 9.36. The van der Waals surface area contributed by atoms with Crippen LogP contribution in [-0.2, 0) is 4.74 Å². The van der Waals surface area contributed by atoms with E-state index in [-0.39, 0.29) is 11.6 Å². The Morgan fingerprint density at radius 1 is 1.19 bits per heavy atom. The highest BCUT2D eigenvalue weighted by Gasteiger charge is 2.34. The van der Waals surface area contributed by atoms with Gasteiger partial charge in [0.05, 0.1) is 16.2 Å². The molecular formula is C23H27Cl2N5O2. The van der Waals surface area contributed by atoms with Gasteiger partial charge in [-0.15, -0.1) is 0 Å². The first kappa shape index (κ1) is 22.7. The molecule has 1 aliphatic heterocycles. The minimum atomic E-state index is -0.522. The van der Waals surface area contributed by atoms with Crippen molar-refractivity contribution in [2.45, 2.75) is 51.7 Å². The fourth-order valence-electron chi connectivity index (χ4n) is 3.92. The summed E-state index contributed by atoms with van der Waals surface area (Å²) in [6, 6.07) is 5.51. The second kappa shape index (κ2) is 8.45. The molecule has 4 rings (SSSR count). The summed E-state index contributed by atoms with van der Waals surface area (Å²) in [7, 11) is 0. The first-order chi connectivity index (χ1) is 15.1. The summed E-state index contributed by atoms with van der Waals surface area (Å²) in [6.45, 7) is 9.13. The third-order valence-corrected chi connectivity index (χ3v) is 6.42. The molecule has 32 heavy (non-hydrogen) atoms. The maximum atomic E-state index is 12.3. The number of ether oxygens (including phenoxy) is 1. The third kappa shape index (κ3) is 4.64. The molecule has 1 aliphatic rings. The number of carbonyl (C=O) groups is 1. The van der Waals surface area contributed by atoms with Gasteiger partial charge in [0.1, 0.15) is 16.9 Å². The van der Waals surface area contributed by atoms with Crippen LogP contribution in [0, 0.1) is 0 Å². The van der Waals surface area contributed by atoms with Gasteiger partial charge < -0.3 is 15.0 Å². The number of fused-ring (bicyclic) bond motifs is 1. The lowest BCUT2D eigenvalue weighted by atomic mass is 9.90. The lowest BCUT2D eigenvalue weighted by molar-refractivity contribution is 0.0448.